The zero-order valence-electron chi connectivity index (χ0n) is 19.3. The van der Waals surface area contributed by atoms with Crippen molar-refractivity contribution >= 4 is 36.8 Å². The second kappa shape index (κ2) is 10.0. The maximum absolute atomic E-state index is 13.0. The van der Waals surface area contributed by atoms with Gasteiger partial charge in [0.15, 0.2) is 11.4 Å². The van der Waals surface area contributed by atoms with Crippen LogP contribution in [0, 0.1) is 0 Å². The van der Waals surface area contributed by atoms with Gasteiger partial charge in [-0.05, 0) is 35.9 Å². The first kappa shape index (κ1) is 25.2. The van der Waals surface area contributed by atoms with Gasteiger partial charge in [0, 0.05) is 11.6 Å². The average molecular weight is 534 g/mol. The molecule has 2 N–H and O–H groups in total. The Kier molecular flexibility index (Phi) is 7.01. The zero-order chi connectivity index (χ0) is 25.9. The second-order valence-electron chi connectivity index (χ2n) is 7.50. The molecule has 14 heteroatoms. The van der Waals surface area contributed by atoms with Crippen LogP contribution in [0.2, 0.25) is 0 Å². The summed E-state index contributed by atoms with van der Waals surface area (Å²) in [6.07, 6.45) is 1.70. The molecule has 0 bridgehead atoms. The highest BCUT2D eigenvalue weighted by Crippen LogP contribution is 2.35. The van der Waals surface area contributed by atoms with Crippen LogP contribution >= 0.6 is 0 Å². The standard InChI is InChI=1S/C22H23N5O7S2/c1-4-35(28,29)23-13-16-9-10-27(24-16)14-15-11-18(33-3)21-19(12-15)34-25-22(21)26-36(30,31)20-8-6-5-7-17(20)32-2/h4-12,23H,1,13-14H2,2-3H3,(H,25,26). The third kappa shape index (κ3) is 5.35. The summed E-state index contributed by atoms with van der Waals surface area (Å²) in [5.41, 5.74) is 1.55. The first-order valence-electron chi connectivity index (χ1n) is 10.4. The minimum Gasteiger partial charge on any atom is -0.496 e. The molecule has 0 aliphatic carbocycles. The number of nitrogens with one attached hydrogen (secondary N) is 2. The summed E-state index contributed by atoms with van der Waals surface area (Å²) in [5.74, 6) is 0.491. The summed E-state index contributed by atoms with van der Waals surface area (Å²) in [6.45, 7) is 3.57. The lowest BCUT2D eigenvalue weighted by Gasteiger charge is -2.11. The number of rotatable bonds is 11. The number of aromatic nitrogens is 3. The van der Waals surface area contributed by atoms with Crippen molar-refractivity contribution in [1.82, 2.24) is 19.7 Å². The van der Waals surface area contributed by atoms with E-state index in [2.05, 4.69) is 26.3 Å². The fraction of sp³-hybridized carbons (Fsp3) is 0.182. The molecule has 0 aliphatic heterocycles. The van der Waals surface area contributed by atoms with Gasteiger partial charge >= 0.3 is 0 Å². The Bertz CT molecular complexity index is 1630. The zero-order valence-corrected chi connectivity index (χ0v) is 21.0. The lowest BCUT2D eigenvalue weighted by atomic mass is 10.1. The summed E-state index contributed by atoms with van der Waals surface area (Å²) in [4.78, 5) is -0.0518. The minimum atomic E-state index is -4.04. The number of sulfonamides is 2. The van der Waals surface area contributed by atoms with Gasteiger partial charge in [-0.25, -0.2) is 21.6 Å². The highest BCUT2D eigenvalue weighted by molar-refractivity contribution is 7.93. The van der Waals surface area contributed by atoms with Gasteiger partial charge in [-0.3, -0.25) is 9.40 Å². The molecule has 36 heavy (non-hydrogen) atoms. The number of benzene rings is 2. The lowest BCUT2D eigenvalue weighted by molar-refractivity contribution is 0.403. The van der Waals surface area contributed by atoms with Gasteiger partial charge < -0.3 is 14.0 Å². The summed E-state index contributed by atoms with van der Waals surface area (Å²) in [5, 5.41) is 9.42. The molecule has 12 nitrogen and oxygen atoms in total. The Morgan fingerprint density at radius 1 is 1.08 bits per heavy atom. The van der Waals surface area contributed by atoms with Crippen LogP contribution in [0.5, 0.6) is 11.5 Å². The Morgan fingerprint density at radius 3 is 2.56 bits per heavy atom. The number of methoxy groups -OCH3 is 2. The normalized spacial score (nSPS) is 11.9. The molecule has 0 unspecified atom stereocenters. The van der Waals surface area contributed by atoms with Gasteiger partial charge in [0.2, 0.25) is 10.0 Å². The van der Waals surface area contributed by atoms with Gasteiger partial charge in [-0.2, -0.15) is 5.10 Å². The fourth-order valence-electron chi connectivity index (χ4n) is 3.44. The Balaban J connectivity index is 1.59. The quantitative estimate of drug-likeness (QED) is 0.296. The maximum atomic E-state index is 13.0. The molecule has 0 radical (unpaired) electrons. The van der Waals surface area contributed by atoms with Crippen LogP contribution in [-0.2, 0) is 33.1 Å². The number of anilines is 1. The number of hydrogen-bond acceptors (Lipinski definition) is 9. The fourth-order valence-corrected chi connectivity index (χ4v) is 5.09. The number of ether oxygens (including phenoxy) is 2. The van der Waals surface area contributed by atoms with Gasteiger partial charge in [0.05, 0.1) is 33.0 Å². The van der Waals surface area contributed by atoms with E-state index < -0.39 is 20.0 Å². The topological polar surface area (TPSA) is 155 Å². The number of para-hydroxylation sites is 1. The molecule has 0 spiro atoms. The van der Waals surface area contributed by atoms with Gasteiger partial charge in [0.1, 0.15) is 21.8 Å². The van der Waals surface area contributed by atoms with E-state index in [4.69, 9.17) is 14.0 Å². The van der Waals surface area contributed by atoms with Crippen molar-refractivity contribution in [3.05, 3.63) is 71.9 Å². The Hall–Kier alpha value is -3.88. The third-order valence-corrected chi connectivity index (χ3v) is 7.49. The molecule has 0 saturated carbocycles. The summed E-state index contributed by atoms with van der Waals surface area (Å²) < 4.78 is 71.5. The predicted octanol–water partition coefficient (Wildman–Crippen LogP) is 2.45. The molecular formula is C22H23N5O7S2. The van der Waals surface area contributed by atoms with E-state index in [1.807, 2.05) is 0 Å². The molecule has 0 saturated heterocycles. The van der Waals surface area contributed by atoms with Crippen molar-refractivity contribution in [2.75, 3.05) is 18.9 Å². The monoisotopic (exact) mass is 533 g/mol. The number of nitrogens with zero attached hydrogens (tertiary/aromatic N) is 3. The van der Waals surface area contributed by atoms with Crippen LogP contribution in [0.25, 0.3) is 11.0 Å². The van der Waals surface area contributed by atoms with E-state index in [9.17, 15) is 16.8 Å². The van der Waals surface area contributed by atoms with Crippen LogP contribution in [0.15, 0.2) is 70.1 Å². The Morgan fingerprint density at radius 2 is 1.83 bits per heavy atom. The molecular weight excluding hydrogens is 510 g/mol. The van der Waals surface area contributed by atoms with Crippen molar-refractivity contribution in [3.8, 4) is 11.5 Å². The maximum Gasteiger partial charge on any atom is 0.266 e. The first-order chi connectivity index (χ1) is 17.2. The molecule has 190 valence electrons. The van der Waals surface area contributed by atoms with Crippen molar-refractivity contribution in [3.63, 3.8) is 0 Å². The minimum absolute atomic E-state index is 0.0154. The summed E-state index contributed by atoms with van der Waals surface area (Å²) in [6, 6.07) is 11.3. The Labute approximate surface area is 207 Å². The van der Waals surface area contributed by atoms with Gasteiger partial charge in [-0.1, -0.05) is 23.9 Å². The number of hydrogen-bond donors (Lipinski definition) is 2. The van der Waals surface area contributed by atoms with E-state index in [1.54, 1.807) is 41.2 Å². The van der Waals surface area contributed by atoms with Crippen molar-refractivity contribution < 1.29 is 30.8 Å². The summed E-state index contributed by atoms with van der Waals surface area (Å²) in [7, 11) is -4.77. The predicted molar refractivity (Wildman–Crippen MR) is 132 cm³/mol. The molecule has 2 heterocycles. The molecule has 0 aliphatic rings. The largest absolute Gasteiger partial charge is 0.496 e. The van der Waals surface area contributed by atoms with Crippen LogP contribution < -0.4 is 18.9 Å². The molecule has 0 fully saturated rings. The van der Waals surface area contributed by atoms with Crippen molar-refractivity contribution in [1.29, 1.82) is 0 Å². The smallest absolute Gasteiger partial charge is 0.266 e. The second-order valence-corrected chi connectivity index (χ2v) is 10.9. The van der Waals surface area contributed by atoms with E-state index >= 15 is 0 Å². The van der Waals surface area contributed by atoms with Crippen LogP contribution in [0.4, 0.5) is 5.82 Å². The molecule has 2 aromatic carbocycles. The number of fused-ring (bicyclic) bond motifs is 1. The third-order valence-electron chi connectivity index (χ3n) is 5.12. The first-order valence-corrected chi connectivity index (χ1v) is 13.5. The molecule has 0 atom stereocenters. The van der Waals surface area contributed by atoms with Crippen molar-refractivity contribution in [2.24, 2.45) is 0 Å². The van der Waals surface area contributed by atoms with Crippen molar-refractivity contribution in [2.45, 2.75) is 18.0 Å². The van der Waals surface area contributed by atoms with E-state index in [0.717, 1.165) is 11.0 Å². The van der Waals surface area contributed by atoms with Crippen LogP contribution in [0.1, 0.15) is 11.3 Å². The highest BCUT2D eigenvalue weighted by atomic mass is 32.2. The molecule has 4 aromatic rings. The van der Waals surface area contributed by atoms with Crippen LogP contribution in [-0.4, -0.2) is 46.0 Å². The molecule has 2 aromatic heterocycles. The molecule has 0 amide bonds. The van der Waals surface area contributed by atoms with Crippen LogP contribution in [0.3, 0.4) is 0 Å². The van der Waals surface area contributed by atoms with Gasteiger partial charge in [0.25, 0.3) is 10.0 Å². The molecule has 4 rings (SSSR count). The van der Waals surface area contributed by atoms with Gasteiger partial charge in [-0.15, -0.1) is 0 Å². The SMILES string of the molecule is C=CS(=O)(=O)NCc1ccn(Cc2cc(OC)c3c(NS(=O)(=O)c4ccccc4OC)noc3c2)n1. The lowest BCUT2D eigenvalue weighted by Crippen LogP contribution is -2.20. The summed E-state index contributed by atoms with van der Waals surface area (Å²) >= 11 is 0. The average Bonchev–Trinajstić information content (AvgIpc) is 3.49. The highest BCUT2D eigenvalue weighted by Gasteiger charge is 2.24. The van der Waals surface area contributed by atoms with E-state index in [0.29, 0.717) is 29.0 Å². The van der Waals surface area contributed by atoms with E-state index in [1.165, 1.54) is 26.4 Å². The van der Waals surface area contributed by atoms with E-state index in [-0.39, 0.29) is 23.0 Å².